The second-order valence-corrected chi connectivity index (χ2v) is 4.65. The number of aryl methyl sites for hydroxylation is 1. The first-order valence-corrected chi connectivity index (χ1v) is 6.27. The van der Waals surface area contributed by atoms with Gasteiger partial charge in [0.1, 0.15) is 0 Å². The molecule has 98 valence electrons. The van der Waals surface area contributed by atoms with Gasteiger partial charge in [-0.3, -0.25) is 0 Å². The van der Waals surface area contributed by atoms with Gasteiger partial charge in [-0.15, -0.1) is 0 Å². The van der Waals surface area contributed by atoms with Crippen LogP contribution in [0.3, 0.4) is 0 Å². The number of anilines is 1. The van der Waals surface area contributed by atoms with E-state index >= 15 is 0 Å². The minimum absolute atomic E-state index is 0.305. The van der Waals surface area contributed by atoms with Gasteiger partial charge in [0.25, 0.3) is 0 Å². The molecule has 0 bridgehead atoms. The van der Waals surface area contributed by atoms with Crippen molar-refractivity contribution < 1.29 is 9.90 Å². The highest BCUT2D eigenvalue weighted by Crippen LogP contribution is 2.26. The fourth-order valence-corrected chi connectivity index (χ4v) is 2.21. The van der Waals surface area contributed by atoms with E-state index in [0.29, 0.717) is 17.1 Å². The Labute approximate surface area is 116 Å². The van der Waals surface area contributed by atoms with E-state index in [0.717, 1.165) is 16.8 Å². The van der Waals surface area contributed by atoms with Crippen LogP contribution in [0.5, 0.6) is 0 Å². The highest BCUT2D eigenvalue weighted by molar-refractivity contribution is 6.33. The van der Waals surface area contributed by atoms with Crippen molar-refractivity contribution in [3.05, 3.63) is 64.2 Å². The van der Waals surface area contributed by atoms with Gasteiger partial charge in [-0.2, -0.15) is 0 Å². The van der Waals surface area contributed by atoms with Crippen molar-refractivity contribution in [2.24, 2.45) is 0 Å². The Morgan fingerprint density at radius 3 is 2.63 bits per heavy atom. The summed E-state index contributed by atoms with van der Waals surface area (Å²) in [6.45, 7) is 2.38. The summed E-state index contributed by atoms with van der Waals surface area (Å²) in [5, 5.41) is 12.9. The molecule has 0 spiro atoms. The number of halogens is 1. The number of para-hydroxylation sites is 1. The van der Waals surface area contributed by atoms with Crippen molar-refractivity contribution in [1.29, 1.82) is 0 Å². The maximum Gasteiger partial charge on any atom is 0.336 e. The van der Waals surface area contributed by atoms with Crippen LogP contribution in [-0.4, -0.2) is 11.1 Å². The molecule has 3 nitrogen and oxygen atoms in total. The zero-order valence-corrected chi connectivity index (χ0v) is 11.2. The van der Waals surface area contributed by atoms with Crippen LogP contribution in [0.1, 0.15) is 21.5 Å². The maximum absolute atomic E-state index is 11.1. The van der Waals surface area contributed by atoms with Crippen LogP contribution in [0.25, 0.3) is 0 Å². The molecule has 0 aliphatic rings. The summed E-state index contributed by atoms with van der Waals surface area (Å²) in [6.07, 6.45) is 0. The smallest absolute Gasteiger partial charge is 0.336 e. The van der Waals surface area contributed by atoms with Crippen LogP contribution in [-0.2, 0) is 6.54 Å². The zero-order valence-electron chi connectivity index (χ0n) is 10.5. The topological polar surface area (TPSA) is 49.3 Å². The van der Waals surface area contributed by atoms with Crippen LogP contribution in [0.15, 0.2) is 42.5 Å². The molecule has 19 heavy (non-hydrogen) atoms. The fraction of sp³-hybridized carbons (Fsp3) is 0.133. The number of hydrogen-bond acceptors (Lipinski definition) is 2. The number of hydrogen-bond donors (Lipinski definition) is 2. The zero-order chi connectivity index (χ0) is 13.8. The summed E-state index contributed by atoms with van der Waals surface area (Å²) >= 11 is 6.12. The van der Waals surface area contributed by atoms with Gasteiger partial charge in [0.05, 0.1) is 16.3 Å². The first kappa shape index (κ1) is 13.4. The van der Waals surface area contributed by atoms with E-state index in [1.807, 2.05) is 25.1 Å². The Balaban J connectivity index is 2.22. The third-order valence-electron chi connectivity index (χ3n) is 2.93. The van der Waals surface area contributed by atoms with Crippen LogP contribution in [0.4, 0.5) is 5.69 Å². The van der Waals surface area contributed by atoms with E-state index in [1.165, 1.54) is 0 Å². The molecule has 0 heterocycles. The van der Waals surface area contributed by atoms with Crippen molar-refractivity contribution >= 4 is 23.3 Å². The average molecular weight is 276 g/mol. The first-order valence-electron chi connectivity index (χ1n) is 5.90. The van der Waals surface area contributed by atoms with Gasteiger partial charge in [0.2, 0.25) is 0 Å². The second-order valence-electron chi connectivity index (χ2n) is 4.25. The highest BCUT2D eigenvalue weighted by atomic mass is 35.5. The Morgan fingerprint density at radius 2 is 1.95 bits per heavy atom. The molecule has 0 aliphatic heterocycles. The molecule has 0 unspecified atom stereocenters. The third-order valence-corrected chi connectivity index (χ3v) is 3.24. The quantitative estimate of drug-likeness (QED) is 0.888. The predicted molar refractivity (Wildman–Crippen MR) is 76.9 cm³/mol. The van der Waals surface area contributed by atoms with E-state index in [4.69, 9.17) is 16.7 Å². The summed E-state index contributed by atoms with van der Waals surface area (Å²) in [4.78, 5) is 11.1. The molecule has 2 rings (SSSR count). The van der Waals surface area contributed by atoms with Gasteiger partial charge >= 0.3 is 5.97 Å². The van der Waals surface area contributed by atoms with E-state index < -0.39 is 5.97 Å². The van der Waals surface area contributed by atoms with Gasteiger partial charge in [-0.25, -0.2) is 4.79 Å². The molecule has 0 radical (unpaired) electrons. The maximum atomic E-state index is 11.1. The number of aromatic carboxylic acids is 1. The van der Waals surface area contributed by atoms with Gasteiger partial charge in [-0.1, -0.05) is 41.9 Å². The number of nitrogens with one attached hydrogen (secondary N) is 1. The Morgan fingerprint density at radius 1 is 1.21 bits per heavy atom. The largest absolute Gasteiger partial charge is 0.478 e. The number of carboxylic acid groups (broad SMARTS) is 1. The molecular formula is C15H14ClNO2. The normalized spacial score (nSPS) is 10.2. The molecule has 0 fully saturated rings. The first-order chi connectivity index (χ1) is 9.09. The lowest BCUT2D eigenvalue weighted by Crippen LogP contribution is -2.07. The average Bonchev–Trinajstić information content (AvgIpc) is 2.38. The van der Waals surface area contributed by atoms with Gasteiger partial charge in [0, 0.05) is 6.54 Å². The minimum Gasteiger partial charge on any atom is -0.478 e. The van der Waals surface area contributed by atoms with Gasteiger partial charge in [0.15, 0.2) is 0 Å². The molecule has 0 aromatic heterocycles. The number of benzene rings is 2. The van der Waals surface area contributed by atoms with Gasteiger partial charge < -0.3 is 10.4 Å². The number of carboxylic acids is 1. The molecular weight excluding hydrogens is 262 g/mol. The molecule has 2 aromatic rings. The molecule has 0 atom stereocenters. The fourth-order valence-electron chi connectivity index (χ4n) is 1.92. The Kier molecular flexibility index (Phi) is 4.07. The van der Waals surface area contributed by atoms with E-state index in [1.54, 1.807) is 24.3 Å². The summed E-state index contributed by atoms with van der Waals surface area (Å²) in [5.41, 5.74) is 2.90. The molecule has 2 aromatic carbocycles. The Bertz CT molecular complexity index is 591. The van der Waals surface area contributed by atoms with E-state index in [-0.39, 0.29) is 0 Å². The summed E-state index contributed by atoms with van der Waals surface area (Å²) in [7, 11) is 0. The lowest BCUT2D eigenvalue weighted by atomic mass is 10.1. The van der Waals surface area contributed by atoms with Crippen LogP contribution in [0.2, 0.25) is 5.02 Å². The molecule has 0 saturated carbocycles. The monoisotopic (exact) mass is 275 g/mol. The van der Waals surface area contributed by atoms with Crippen molar-refractivity contribution in [1.82, 2.24) is 0 Å². The van der Waals surface area contributed by atoms with Crippen molar-refractivity contribution in [3.8, 4) is 0 Å². The van der Waals surface area contributed by atoms with Gasteiger partial charge in [-0.05, 0) is 30.2 Å². The van der Waals surface area contributed by atoms with Crippen LogP contribution in [0, 0.1) is 6.92 Å². The standard InChI is InChI=1S/C15H14ClNO2/c1-10-5-4-8-13(16)14(10)17-9-11-6-2-3-7-12(11)15(18)19/h2-8,17H,9H2,1H3,(H,18,19). The highest BCUT2D eigenvalue weighted by Gasteiger charge is 2.09. The molecule has 4 heteroatoms. The molecule has 2 N–H and O–H groups in total. The summed E-state index contributed by atoms with van der Waals surface area (Å²) in [5.74, 6) is -0.923. The predicted octanol–water partition coefficient (Wildman–Crippen LogP) is 3.96. The number of rotatable bonds is 4. The van der Waals surface area contributed by atoms with Crippen LogP contribution >= 0.6 is 11.6 Å². The van der Waals surface area contributed by atoms with Crippen molar-refractivity contribution in [3.63, 3.8) is 0 Å². The number of carbonyl (C=O) groups is 1. The molecule has 0 saturated heterocycles. The van der Waals surface area contributed by atoms with Crippen molar-refractivity contribution in [2.45, 2.75) is 13.5 Å². The Hall–Kier alpha value is -2.00. The van der Waals surface area contributed by atoms with E-state index in [9.17, 15) is 4.79 Å². The van der Waals surface area contributed by atoms with E-state index in [2.05, 4.69) is 5.32 Å². The SMILES string of the molecule is Cc1cccc(Cl)c1NCc1ccccc1C(=O)O. The minimum atomic E-state index is -0.923. The summed E-state index contributed by atoms with van der Waals surface area (Å²) < 4.78 is 0. The van der Waals surface area contributed by atoms with Crippen LogP contribution < -0.4 is 5.32 Å². The summed E-state index contributed by atoms with van der Waals surface area (Å²) in [6, 6.07) is 12.6. The van der Waals surface area contributed by atoms with Crippen molar-refractivity contribution in [2.75, 3.05) is 5.32 Å². The second kappa shape index (κ2) is 5.76. The molecule has 0 aliphatic carbocycles. The third kappa shape index (κ3) is 3.06. The lowest BCUT2D eigenvalue weighted by molar-refractivity contribution is 0.0696. The lowest BCUT2D eigenvalue weighted by Gasteiger charge is -2.12. The molecule has 0 amide bonds.